The molecule has 0 radical (unpaired) electrons. The van der Waals surface area contributed by atoms with Crippen LogP contribution in [0.4, 0.5) is 0 Å². The van der Waals surface area contributed by atoms with Crippen LogP contribution in [0.2, 0.25) is 0 Å². The van der Waals surface area contributed by atoms with E-state index in [2.05, 4.69) is 34.6 Å². The molecule has 0 aliphatic carbocycles. The third-order valence-corrected chi connectivity index (χ3v) is 18.0. The van der Waals surface area contributed by atoms with E-state index >= 15 is 0 Å². The Bertz CT molecular complexity index is 1690. The second kappa shape index (κ2) is 61.6. The first-order chi connectivity index (χ1) is 42.1. The van der Waals surface area contributed by atoms with E-state index in [1.165, 1.54) is 167 Å². The monoisotopic (exact) mass is 1280 g/mol. The van der Waals surface area contributed by atoms with E-state index in [9.17, 15) is 43.2 Å². The van der Waals surface area contributed by atoms with Crippen molar-refractivity contribution >= 4 is 39.5 Å². The van der Waals surface area contributed by atoms with Gasteiger partial charge in [-0.1, -0.05) is 298 Å². The van der Waals surface area contributed by atoms with E-state index in [1.807, 2.05) is 0 Å². The SMILES string of the molecule is CCCCCCCCCCCCCCCCCCCC(=O)O[C@H](COC(=O)CCCCCCCCCCCCCCCCC)COP(=O)(O)OC[C@@H](O)COP(=O)(O)OC[C@@H](COC(=O)CCCCCCC)OC(=O)CCCCCCCCC(C)CC. The lowest BCUT2D eigenvalue weighted by molar-refractivity contribution is -0.161. The molecule has 516 valence electrons. The van der Waals surface area contributed by atoms with Gasteiger partial charge in [-0.2, -0.15) is 0 Å². The van der Waals surface area contributed by atoms with E-state index < -0.39 is 97.5 Å². The van der Waals surface area contributed by atoms with Gasteiger partial charge in [0.15, 0.2) is 12.2 Å². The van der Waals surface area contributed by atoms with Gasteiger partial charge in [0.1, 0.15) is 19.3 Å². The normalized spacial score (nSPS) is 14.4. The summed E-state index contributed by atoms with van der Waals surface area (Å²) >= 11 is 0. The van der Waals surface area contributed by atoms with E-state index in [1.54, 1.807) is 0 Å². The molecule has 3 unspecified atom stereocenters. The van der Waals surface area contributed by atoms with Crippen LogP contribution < -0.4 is 0 Å². The number of aliphatic hydroxyl groups is 1. The molecular weight excluding hydrogens is 1150 g/mol. The standard InChI is InChI=1S/C68H132O17P2/c1-6-10-13-16-18-20-22-24-26-27-29-31-33-35-37-43-48-53-67(72)84-64(58-79-66(71)52-47-42-36-34-32-30-28-25-23-21-19-17-14-11-7-2)60-83-87(76,77)81-56-62(69)55-80-86(74,75)82-59-63(57-78-65(70)51-46-40-15-12-8-3)85-68(73)54-49-44-39-38-41-45-50-61(5)9-4/h61-64,69H,6-60H2,1-5H3,(H,74,75)(H,76,77)/t61?,62-,63+,64+/m0/s1. The highest BCUT2D eigenvalue weighted by atomic mass is 31.2. The number of aliphatic hydroxyl groups excluding tert-OH is 1. The van der Waals surface area contributed by atoms with Crippen LogP contribution in [0.3, 0.4) is 0 Å². The largest absolute Gasteiger partial charge is 0.472 e. The highest BCUT2D eigenvalue weighted by Gasteiger charge is 2.30. The van der Waals surface area contributed by atoms with Gasteiger partial charge in [0.25, 0.3) is 0 Å². The zero-order valence-corrected chi connectivity index (χ0v) is 57.9. The molecule has 0 heterocycles. The van der Waals surface area contributed by atoms with E-state index in [0.29, 0.717) is 25.7 Å². The molecule has 87 heavy (non-hydrogen) atoms. The first-order valence-electron chi connectivity index (χ1n) is 35.7. The minimum Gasteiger partial charge on any atom is -0.462 e. The lowest BCUT2D eigenvalue weighted by Crippen LogP contribution is -2.30. The van der Waals surface area contributed by atoms with E-state index in [-0.39, 0.29) is 25.7 Å². The Hall–Kier alpha value is -1.94. The summed E-state index contributed by atoms with van der Waals surface area (Å²) in [6, 6.07) is 0. The first-order valence-corrected chi connectivity index (χ1v) is 38.7. The van der Waals surface area contributed by atoms with Crippen LogP contribution in [-0.4, -0.2) is 96.7 Å². The molecule has 0 spiro atoms. The van der Waals surface area contributed by atoms with Crippen molar-refractivity contribution in [2.75, 3.05) is 39.6 Å². The van der Waals surface area contributed by atoms with Crippen LogP contribution in [0.5, 0.6) is 0 Å². The molecular formula is C68H132O17P2. The van der Waals surface area contributed by atoms with Crippen molar-refractivity contribution in [2.24, 2.45) is 5.92 Å². The Morgan fingerprint density at radius 2 is 0.552 bits per heavy atom. The molecule has 0 fully saturated rings. The van der Waals surface area contributed by atoms with Gasteiger partial charge in [0.05, 0.1) is 26.4 Å². The summed E-state index contributed by atoms with van der Waals surface area (Å²) in [5.41, 5.74) is 0. The Morgan fingerprint density at radius 1 is 0.322 bits per heavy atom. The molecule has 0 amide bonds. The maximum atomic E-state index is 13.0. The molecule has 19 heteroatoms. The minimum absolute atomic E-state index is 0.102. The predicted octanol–water partition coefficient (Wildman–Crippen LogP) is 19.4. The highest BCUT2D eigenvalue weighted by molar-refractivity contribution is 7.47. The summed E-state index contributed by atoms with van der Waals surface area (Å²) in [7, 11) is -9.89. The predicted molar refractivity (Wildman–Crippen MR) is 349 cm³/mol. The van der Waals surface area contributed by atoms with Gasteiger partial charge in [-0.05, 0) is 31.6 Å². The number of hydrogen-bond donors (Lipinski definition) is 3. The third-order valence-electron chi connectivity index (χ3n) is 16.1. The highest BCUT2D eigenvalue weighted by Crippen LogP contribution is 2.45. The minimum atomic E-state index is -4.95. The molecule has 6 atom stereocenters. The fourth-order valence-electron chi connectivity index (χ4n) is 10.3. The number of phosphoric ester groups is 2. The van der Waals surface area contributed by atoms with Crippen LogP contribution in [0.1, 0.15) is 349 Å². The van der Waals surface area contributed by atoms with Crippen LogP contribution in [0, 0.1) is 5.92 Å². The van der Waals surface area contributed by atoms with Crippen LogP contribution in [0.25, 0.3) is 0 Å². The lowest BCUT2D eigenvalue weighted by Gasteiger charge is -2.21. The third kappa shape index (κ3) is 61.3. The Balaban J connectivity index is 5.16. The zero-order valence-electron chi connectivity index (χ0n) is 56.2. The number of unbranched alkanes of at least 4 members (excludes halogenated alkanes) is 39. The fourth-order valence-corrected chi connectivity index (χ4v) is 11.8. The first kappa shape index (κ1) is 85.1. The van der Waals surface area contributed by atoms with Gasteiger partial charge in [-0.25, -0.2) is 9.13 Å². The van der Waals surface area contributed by atoms with Crippen molar-refractivity contribution in [2.45, 2.75) is 368 Å². The van der Waals surface area contributed by atoms with Crippen molar-refractivity contribution in [3.8, 4) is 0 Å². The van der Waals surface area contributed by atoms with Gasteiger partial charge in [0.2, 0.25) is 0 Å². The smallest absolute Gasteiger partial charge is 0.462 e. The summed E-state index contributed by atoms with van der Waals surface area (Å²) in [6.07, 6.45) is 47.6. The van der Waals surface area contributed by atoms with E-state index in [4.69, 9.17) is 37.0 Å². The number of carbonyl (C=O) groups is 4. The number of esters is 4. The van der Waals surface area contributed by atoms with Gasteiger partial charge in [0, 0.05) is 25.7 Å². The molecule has 0 aliphatic rings. The Labute approximate surface area is 530 Å². The second-order valence-electron chi connectivity index (χ2n) is 24.8. The Kier molecular flexibility index (Phi) is 60.2. The average molecular weight is 1280 g/mol. The van der Waals surface area contributed by atoms with Crippen molar-refractivity contribution < 1.29 is 80.2 Å². The van der Waals surface area contributed by atoms with Crippen molar-refractivity contribution in [3.63, 3.8) is 0 Å². The summed E-state index contributed by atoms with van der Waals surface area (Å²) < 4.78 is 68.0. The molecule has 3 N–H and O–H groups in total. The molecule has 17 nitrogen and oxygen atoms in total. The number of ether oxygens (including phenoxy) is 4. The zero-order chi connectivity index (χ0) is 64.2. The maximum absolute atomic E-state index is 13.0. The summed E-state index contributed by atoms with van der Waals surface area (Å²) in [5.74, 6) is -1.42. The molecule has 0 aromatic rings. The second-order valence-corrected chi connectivity index (χ2v) is 27.7. The lowest BCUT2D eigenvalue weighted by atomic mass is 10.00. The molecule has 0 aromatic heterocycles. The van der Waals surface area contributed by atoms with Crippen LogP contribution >= 0.6 is 15.6 Å². The Morgan fingerprint density at radius 3 is 0.816 bits per heavy atom. The fraction of sp³-hybridized carbons (Fsp3) is 0.941. The topological polar surface area (TPSA) is 237 Å². The summed E-state index contributed by atoms with van der Waals surface area (Å²) in [4.78, 5) is 72.2. The van der Waals surface area contributed by atoms with Crippen molar-refractivity contribution in [3.05, 3.63) is 0 Å². The van der Waals surface area contributed by atoms with Gasteiger partial charge in [-0.3, -0.25) is 37.3 Å². The van der Waals surface area contributed by atoms with Gasteiger partial charge in [-0.15, -0.1) is 0 Å². The average Bonchev–Trinajstić information content (AvgIpc) is 3.71. The number of carbonyl (C=O) groups excluding carboxylic acids is 4. The van der Waals surface area contributed by atoms with Gasteiger partial charge >= 0.3 is 39.5 Å². The number of phosphoric acid groups is 2. The summed E-state index contributed by atoms with van der Waals surface area (Å²) in [5, 5.41) is 10.5. The number of rotatable bonds is 68. The molecule has 0 saturated carbocycles. The molecule has 0 rings (SSSR count). The molecule has 0 aromatic carbocycles. The quantitative estimate of drug-likeness (QED) is 0.0222. The van der Waals surface area contributed by atoms with Crippen molar-refractivity contribution in [1.82, 2.24) is 0 Å². The van der Waals surface area contributed by atoms with Gasteiger partial charge < -0.3 is 33.8 Å². The maximum Gasteiger partial charge on any atom is 0.472 e. The van der Waals surface area contributed by atoms with Crippen molar-refractivity contribution in [1.29, 1.82) is 0 Å². The summed E-state index contributed by atoms with van der Waals surface area (Å²) in [6.45, 7) is 7.10. The van der Waals surface area contributed by atoms with Crippen LogP contribution in [0.15, 0.2) is 0 Å². The van der Waals surface area contributed by atoms with Crippen LogP contribution in [-0.2, 0) is 65.4 Å². The molecule has 0 aliphatic heterocycles. The van der Waals surface area contributed by atoms with E-state index in [0.717, 1.165) is 102 Å². The molecule has 0 saturated heterocycles. The number of hydrogen-bond acceptors (Lipinski definition) is 15. The molecule has 0 bridgehead atoms.